The standard InChI is InChI=1S/C22H22N2O3/c1-2-19(14-23-9-1)15-24-13-17-3-6-20(7-4-17)27-16-18-5-8-21-22(12-18)26-11-10-25-21/h1-9,12,14,24H,10-11,13,15-16H2. The van der Waals surface area contributed by atoms with Crippen LogP contribution in [0.5, 0.6) is 17.2 Å². The maximum Gasteiger partial charge on any atom is 0.161 e. The maximum absolute atomic E-state index is 5.89. The van der Waals surface area contributed by atoms with Gasteiger partial charge in [-0.15, -0.1) is 0 Å². The Kier molecular flexibility index (Phi) is 5.50. The normalized spacial score (nSPS) is 12.6. The number of pyridine rings is 1. The largest absolute Gasteiger partial charge is 0.489 e. The third kappa shape index (κ3) is 4.77. The summed E-state index contributed by atoms with van der Waals surface area (Å²) >= 11 is 0. The Morgan fingerprint density at radius 3 is 2.44 bits per heavy atom. The van der Waals surface area contributed by atoms with Crippen LogP contribution in [0.1, 0.15) is 16.7 Å². The zero-order chi connectivity index (χ0) is 18.3. The Bertz CT molecular complexity index is 866. The van der Waals surface area contributed by atoms with E-state index in [0.717, 1.165) is 35.9 Å². The van der Waals surface area contributed by atoms with E-state index in [-0.39, 0.29) is 0 Å². The molecule has 2 aromatic carbocycles. The van der Waals surface area contributed by atoms with E-state index in [1.165, 1.54) is 11.1 Å². The van der Waals surface area contributed by atoms with E-state index < -0.39 is 0 Å². The highest BCUT2D eigenvalue weighted by molar-refractivity contribution is 5.43. The van der Waals surface area contributed by atoms with Crippen molar-refractivity contribution in [1.29, 1.82) is 0 Å². The van der Waals surface area contributed by atoms with Crippen LogP contribution in [0.2, 0.25) is 0 Å². The third-order valence-corrected chi connectivity index (χ3v) is 4.32. The Labute approximate surface area is 158 Å². The van der Waals surface area contributed by atoms with Crippen LogP contribution in [0.15, 0.2) is 67.0 Å². The number of nitrogens with zero attached hydrogens (tertiary/aromatic N) is 1. The van der Waals surface area contributed by atoms with E-state index in [1.54, 1.807) is 6.20 Å². The van der Waals surface area contributed by atoms with E-state index in [0.29, 0.717) is 19.8 Å². The molecule has 0 amide bonds. The van der Waals surface area contributed by atoms with Gasteiger partial charge in [0, 0.05) is 25.5 Å². The summed E-state index contributed by atoms with van der Waals surface area (Å²) in [5.74, 6) is 2.44. The van der Waals surface area contributed by atoms with Crippen molar-refractivity contribution < 1.29 is 14.2 Å². The summed E-state index contributed by atoms with van der Waals surface area (Å²) in [7, 11) is 0. The average Bonchev–Trinajstić information content (AvgIpc) is 2.74. The highest BCUT2D eigenvalue weighted by Gasteiger charge is 2.11. The molecule has 0 spiro atoms. The zero-order valence-electron chi connectivity index (χ0n) is 15.1. The van der Waals surface area contributed by atoms with E-state index in [4.69, 9.17) is 14.2 Å². The summed E-state index contributed by atoms with van der Waals surface area (Å²) in [5, 5.41) is 3.42. The van der Waals surface area contributed by atoms with Crippen LogP contribution in [0.4, 0.5) is 0 Å². The molecule has 0 fully saturated rings. The van der Waals surface area contributed by atoms with Crippen molar-refractivity contribution in [2.24, 2.45) is 0 Å². The molecule has 0 aliphatic carbocycles. The number of hydrogen-bond donors (Lipinski definition) is 1. The minimum absolute atomic E-state index is 0.495. The molecule has 5 nitrogen and oxygen atoms in total. The predicted molar refractivity (Wildman–Crippen MR) is 103 cm³/mol. The van der Waals surface area contributed by atoms with Gasteiger partial charge in [0.1, 0.15) is 25.6 Å². The first-order chi connectivity index (χ1) is 13.4. The molecule has 138 valence electrons. The molecule has 27 heavy (non-hydrogen) atoms. The predicted octanol–water partition coefficient (Wildman–Crippen LogP) is 3.72. The van der Waals surface area contributed by atoms with E-state index in [1.807, 2.05) is 42.6 Å². The van der Waals surface area contributed by atoms with Crippen LogP contribution in [0, 0.1) is 0 Å². The van der Waals surface area contributed by atoms with Gasteiger partial charge in [0.2, 0.25) is 0 Å². The first-order valence-corrected chi connectivity index (χ1v) is 9.07. The monoisotopic (exact) mass is 362 g/mol. The van der Waals surface area contributed by atoms with Crippen molar-refractivity contribution in [2.45, 2.75) is 19.7 Å². The van der Waals surface area contributed by atoms with Crippen LogP contribution in [-0.4, -0.2) is 18.2 Å². The van der Waals surface area contributed by atoms with Crippen LogP contribution >= 0.6 is 0 Å². The van der Waals surface area contributed by atoms with E-state index in [2.05, 4.69) is 28.5 Å². The lowest BCUT2D eigenvalue weighted by Gasteiger charge is -2.19. The first kappa shape index (κ1) is 17.4. The molecular formula is C22H22N2O3. The number of rotatable bonds is 7. The summed E-state index contributed by atoms with van der Waals surface area (Å²) < 4.78 is 17.0. The summed E-state index contributed by atoms with van der Waals surface area (Å²) in [5.41, 5.74) is 3.45. The highest BCUT2D eigenvalue weighted by Crippen LogP contribution is 2.31. The number of aromatic nitrogens is 1. The summed E-state index contributed by atoms with van der Waals surface area (Å²) in [4.78, 5) is 4.12. The molecule has 1 aliphatic rings. The highest BCUT2D eigenvalue weighted by atomic mass is 16.6. The van der Waals surface area contributed by atoms with Gasteiger partial charge in [0.05, 0.1) is 0 Å². The summed E-state index contributed by atoms with van der Waals surface area (Å²) in [6.07, 6.45) is 3.66. The fourth-order valence-corrected chi connectivity index (χ4v) is 2.90. The van der Waals surface area contributed by atoms with Crippen molar-refractivity contribution in [1.82, 2.24) is 10.3 Å². The zero-order valence-corrected chi connectivity index (χ0v) is 15.1. The molecule has 3 aromatic rings. The van der Waals surface area contributed by atoms with Crippen molar-refractivity contribution in [3.8, 4) is 17.2 Å². The van der Waals surface area contributed by atoms with Gasteiger partial charge in [-0.1, -0.05) is 24.3 Å². The molecule has 0 unspecified atom stereocenters. The van der Waals surface area contributed by atoms with Crippen LogP contribution in [0.3, 0.4) is 0 Å². The molecule has 0 saturated heterocycles. The number of hydrogen-bond acceptors (Lipinski definition) is 5. The molecule has 0 atom stereocenters. The summed E-state index contributed by atoms with van der Waals surface area (Å²) in [6.45, 7) is 3.29. The first-order valence-electron chi connectivity index (χ1n) is 9.07. The van der Waals surface area contributed by atoms with E-state index in [9.17, 15) is 0 Å². The van der Waals surface area contributed by atoms with Crippen LogP contribution in [0.25, 0.3) is 0 Å². The van der Waals surface area contributed by atoms with Crippen LogP contribution in [-0.2, 0) is 19.7 Å². The Balaban J connectivity index is 1.26. The van der Waals surface area contributed by atoms with Gasteiger partial charge in [-0.3, -0.25) is 4.98 Å². The van der Waals surface area contributed by atoms with Crippen molar-refractivity contribution >= 4 is 0 Å². The lowest BCUT2D eigenvalue weighted by atomic mass is 10.2. The second kappa shape index (κ2) is 8.56. The summed E-state index contributed by atoms with van der Waals surface area (Å²) in [6, 6.07) is 18.1. The number of ether oxygens (including phenoxy) is 3. The lowest BCUT2D eigenvalue weighted by molar-refractivity contribution is 0.171. The average molecular weight is 362 g/mol. The molecule has 0 saturated carbocycles. The molecule has 1 N–H and O–H groups in total. The topological polar surface area (TPSA) is 52.6 Å². The third-order valence-electron chi connectivity index (χ3n) is 4.32. The fraction of sp³-hybridized carbons (Fsp3) is 0.227. The Hall–Kier alpha value is -3.05. The van der Waals surface area contributed by atoms with Crippen molar-refractivity contribution in [2.75, 3.05) is 13.2 Å². The Morgan fingerprint density at radius 1 is 0.852 bits per heavy atom. The smallest absolute Gasteiger partial charge is 0.161 e. The molecule has 2 heterocycles. The second-order valence-electron chi connectivity index (χ2n) is 6.38. The van der Waals surface area contributed by atoms with Gasteiger partial charge >= 0.3 is 0 Å². The fourth-order valence-electron chi connectivity index (χ4n) is 2.90. The lowest BCUT2D eigenvalue weighted by Crippen LogP contribution is -2.15. The molecule has 4 rings (SSSR count). The maximum atomic E-state index is 5.89. The molecular weight excluding hydrogens is 340 g/mol. The second-order valence-corrected chi connectivity index (χ2v) is 6.38. The van der Waals surface area contributed by atoms with E-state index >= 15 is 0 Å². The molecule has 1 aromatic heterocycles. The van der Waals surface area contributed by atoms with Gasteiger partial charge in [-0.05, 0) is 47.0 Å². The molecule has 0 bridgehead atoms. The number of benzene rings is 2. The van der Waals surface area contributed by atoms with Crippen molar-refractivity contribution in [3.05, 3.63) is 83.7 Å². The molecule has 1 aliphatic heterocycles. The number of nitrogens with one attached hydrogen (secondary N) is 1. The number of fused-ring (bicyclic) bond motifs is 1. The molecule has 5 heteroatoms. The quantitative estimate of drug-likeness (QED) is 0.694. The van der Waals surface area contributed by atoms with Gasteiger partial charge in [0.15, 0.2) is 11.5 Å². The Morgan fingerprint density at radius 2 is 1.63 bits per heavy atom. The minimum atomic E-state index is 0.495. The minimum Gasteiger partial charge on any atom is -0.489 e. The molecule has 0 radical (unpaired) electrons. The van der Waals surface area contributed by atoms with Crippen LogP contribution < -0.4 is 19.5 Å². The van der Waals surface area contributed by atoms with Gasteiger partial charge in [-0.2, -0.15) is 0 Å². The van der Waals surface area contributed by atoms with Gasteiger partial charge in [0.25, 0.3) is 0 Å². The van der Waals surface area contributed by atoms with Gasteiger partial charge in [-0.25, -0.2) is 0 Å². The van der Waals surface area contributed by atoms with Gasteiger partial charge < -0.3 is 19.5 Å². The SMILES string of the molecule is c1cncc(CNCc2ccc(OCc3ccc4c(c3)OCCO4)cc2)c1. The van der Waals surface area contributed by atoms with Crippen molar-refractivity contribution in [3.63, 3.8) is 0 Å².